The Morgan fingerprint density at radius 3 is 2.62 bits per heavy atom. The van der Waals surface area contributed by atoms with Crippen molar-refractivity contribution in [1.82, 2.24) is 9.97 Å². The molecule has 0 saturated heterocycles. The van der Waals surface area contributed by atoms with E-state index in [0.717, 1.165) is 50.5 Å². The molecular weight excluding hydrogens is 296 g/mol. The fourth-order valence-electron chi connectivity index (χ4n) is 3.38. The number of aromatic amines is 1. The van der Waals surface area contributed by atoms with Crippen LogP contribution < -0.4 is 0 Å². The molecule has 4 rings (SSSR count). The number of rotatable bonds is 2. The third kappa shape index (κ3) is 2.13. The Labute approximate surface area is 140 Å². The van der Waals surface area contributed by atoms with Gasteiger partial charge in [-0.2, -0.15) is 0 Å². The minimum Gasteiger partial charge on any atom is -0.339 e. The van der Waals surface area contributed by atoms with Crippen LogP contribution in [0.4, 0.5) is 0 Å². The number of carbonyl (C=O) groups excluding carboxylic acids is 1. The monoisotopic (exact) mass is 314 g/mol. The predicted octanol–water partition coefficient (Wildman–Crippen LogP) is 5.12. The number of H-pyrrole nitrogens is 1. The highest BCUT2D eigenvalue weighted by Crippen LogP contribution is 2.37. The van der Waals surface area contributed by atoms with Crippen molar-refractivity contribution in [1.29, 1.82) is 0 Å². The average molecular weight is 314 g/mol. The number of aldehydes is 1. The molecule has 3 heteroatoms. The molecule has 0 unspecified atom stereocenters. The van der Waals surface area contributed by atoms with Crippen molar-refractivity contribution in [3.8, 4) is 11.1 Å². The van der Waals surface area contributed by atoms with E-state index < -0.39 is 0 Å². The first-order chi connectivity index (χ1) is 11.6. The summed E-state index contributed by atoms with van der Waals surface area (Å²) in [5, 5.41) is 2.23. The largest absolute Gasteiger partial charge is 0.339 e. The summed E-state index contributed by atoms with van der Waals surface area (Å²) in [5.74, 6) is 0. The van der Waals surface area contributed by atoms with Gasteiger partial charge in [-0.1, -0.05) is 29.8 Å². The second kappa shape index (κ2) is 5.31. The van der Waals surface area contributed by atoms with Crippen LogP contribution in [-0.4, -0.2) is 16.3 Å². The first-order valence-corrected chi connectivity index (χ1v) is 8.02. The first kappa shape index (κ1) is 14.6. The molecule has 0 bridgehead atoms. The van der Waals surface area contributed by atoms with Crippen LogP contribution in [0.2, 0.25) is 0 Å². The fourth-order valence-corrected chi connectivity index (χ4v) is 3.38. The third-order valence-electron chi connectivity index (χ3n) is 4.62. The predicted molar refractivity (Wildman–Crippen MR) is 98.6 cm³/mol. The van der Waals surface area contributed by atoms with Crippen LogP contribution >= 0.6 is 0 Å². The number of hydrogen-bond donors (Lipinski definition) is 1. The van der Waals surface area contributed by atoms with Crippen LogP contribution in [0.25, 0.3) is 33.1 Å². The van der Waals surface area contributed by atoms with Crippen molar-refractivity contribution in [3.63, 3.8) is 0 Å². The highest BCUT2D eigenvalue weighted by molar-refractivity contribution is 6.15. The highest BCUT2D eigenvalue weighted by atomic mass is 16.1. The number of benzene rings is 2. The van der Waals surface area contributed by atoms with E-state index in [4.69, 9.17) is 0 Å². The Balaban J connectivity index is 2.22. The number of aryl methyl sites for hydroxylation is 3. The Morgan fingerprint density at radius 2 is 1.88 bits per heavy atom. The van der Waals surface area contributed by atoms with Gasteiger partial charge in [-0.3, -0.25) is 4.79 Å². The molecule has 0 atom stereocenters. The molecule has 0 aliphatic heterocycles. The summed E-state index contributed by atoms with van der Waals surface area (Å²) < 4.78 is 0. The average Bonchev–Trinajstić information content (AvgIpc) is 2.95. The zero-order valence-electron chi connectivity index (χ0n) is 14.0. The number of fused-ring (bicyclic) bond motifs is 3. The number of aromatic nitrogens is 2. The Bertz CT molecular complexity index is 1110. The second-order valence-electron chi connectivity index (χ2n) is 6.41. The van der Waals surface area contributed by atoms with Gasteiger partial charge < -0.3 is 4.98 Å². The number of carbonyl (C=O) groups is 1. The lowest BCUT2D eigenvalue weighted by Gasteiger charge is -2.10. The minimum atomic E-state index is 0.710. The van der Waals surface area contributed by atoms with E-state index >= 15 is 0 Å². The molecule has 118 valence electrons. The van der Waals surface area contributed by atoms with E-state index in [9.17, 15) is 4.79 Å². The third-order valence-corrected chi connectivity index (χ3v) is 4.62. The summed E-state index contributed by atoms with van der Waals surface area (Å²) >= 11 is 0. The molecule has 0 radical (unpaired) electrons. The van der Waals surface area contributed by atoms with Gasteiger partial charge in [-0.05, 0) is 55.2 Å². The van der Waals surface area contributed by atoms with Gasteiger partial charge in [0.15, 0.2) is 0 Å². The molecule has 0 saturated carbocycles. The summed E-state index contributed by atoms with van der Waals surface area (Å²) in [4.78, 5) is 19.5. The molecule has 4 aromatic rings. The molecule has 0 amide bonds. The van der Waals surface area contributed by atoms with Gasteiger partial charge in [-0.25, -0.2) is 4.98 Å². The summed E-state index contributed by atoms with van der Waals surface area (Å²) in [6, 6.07) is 12.5. The fraction of sp³-hybridized carbons (Fsp3) is 0.143. The Morgan fingerprint density at radius 1 is 1.04 bits per heavy atom. The van der Waals surface area contributed by atoms with Crippen LogP contribution in [0.1, 0.15) is 27.0 Å². The van der Waals surface area contributed by atoms with Gasteiger partial charge in [0.05, 0.1) is 5.52 Å². The van der Waals surface area contributed by atoms with E-state index in [0.29, 0.717) is 5.56 Å². The van der Waals surface area contributed by atoms with Crippen LogP contribution in [-0.2, 0) is 0 Å². The Kier molecular flexibility index (Phi) is 3.24. The molecule has 0 aliphatic rings. The van der Waals surface area contributed by atoms with E-state index in [1.54, 1.807) is 0 Å². The second-order valence-corrected chi connectivity index (χ2v) is 6.41. The van der Waals surface area contributed by atoms with Crippen molar-refractivity contribution in [3.05, 3.63) is 64.8 Å². The topological polar surface area (TPSA) is 45.8 Å². The van der Waals surface area contributed by atoms with Gasteiger partial charge >= 0.3 is 0 Å². The molecule has 24 heavy (non-hydrogen) atoms. The van der Waals surface area contributed by atoms with Crippen molar-refractivity contribution in [2.45, 2.75) is 20.8 Å². The molecule has 0 fully saturated rings. The van der Waals surface area contributed by atoms with E-state index in [-0.39, 0.29) is 0 Å². The lowest BCUT2D eigenvalue weighted by atomic mass is 9.93. The minimum absolute atomic E-state index is 0.710. The maximum absolute atomic E-state index is 11.6. The van der Waals surface area contributed by atoms with E-state index in [1.165, 1.54) is 5.56 Å². The summed E-state index contributed by atoms with van der Waals surface area (Å²) in [7, 11) is 0. The molecule has 3 nitrogen and oxygen atoms in total. The van der Waals surface area contributed by atoms with Gasteiger partial charge in [0.2, 0.25) is 0 Å². The summed E-state index contributed by atoms with van der Waals surface area (Å²) in [6.07, 6.45) is 2.79. The maximum atomic E-state index is 11.6. The normalized spacial score (nSPS) is 11.3. The zero-order valence-corrected chi connectivity index (χ0v) is 14.0. The molecule has 0 aliphatic carbocycles. The molecular formula is C21H18N2O. The highest BCUT2D eigenvalue weighted by Gasteiger charge is 2.16. The maximum Gasteiger partial charge on any atom is 0.150 e. The van der Waals surface area contributed by atoms with Crippen molar-refractivity contribution < 1.29 is 4.79 Å². The van der Waals surface area contributed by atoms with Gasteiger partial charge in [-0.15, -0.1) is 0 Å². The lowest BCUT2D eigenvalue weighted by Crippen LogP contribution is -1.91. The van der Waals surface area contributed by atoms with Crippen LogP contribution in [0.3, 0.4) is 0 Å². The lowest BCUT2D eigenvalue weighted by molar-refractivity contribution is 0.112. The standard InChI is InChI=1S/C21H18N2O/c1-12-5-4-6-15(7-12)17-9-16(11-24)14(3)20-19(17)18-8-13(2)10-22-21(18)23-20/h4-11H,1-3H3,(H,22,23). The van der Waals surface area contributed by atoms with Crippen molar-refractivity contribution in [2.24, 2.45) is 0 Å². The number of nitrogens with one attached hydrogen (secondary N) is 1. The smallest absolute Gasteiger partial charge is 0.150 e. The summed E-state index contributed by atoms with van der Waals surface area (Å²) in [5.41, 5.74) is 8.03. The van der Waals surface area contributed by atoms with Crippen molar-refractivity contribution >= 4 is 28.2 Å². The van der Waals surface area contributed by atoms with Crippen LogP contribution in [0.5, 0.6) is 0 Å². The van der Waals surface area contributed by atoms with Crippen molar-refractivity contribution in [2.75, 3.05) is 0 Å². The molecule has 1 N–H and O–H groups in total. The SMILES string of the molecule is Cc1cccc(-c2cc(C=O)c(C)c3[nH]c4ncc(C)cc4c23)c1. The van der Waals surface area contributed by atoms with Gasteiger partial charge in [0, 0.05) is 22.5 Å². The number of hydrogen-bond acceptors (Lipinski definition) is 2. The number of pyridine rings is 1. The van der Waals surface area contributed by atoms with Gasteiger partial charge in [0.25, 0.3) is 0 Å². The molecule has 2 heterocycles. The Hall–Kier alpha value is -2.94. The van der Waals surface area contributed by atoms with Crippen LogP contribution in [0, 0.1) is 20.8 Å². The molecule has 0 spiro atoms. The quantitative estimate of drug-likeness (QED) is 0.522. The zero-order chi connectivity index (χ0) is 16.8. The number of nitrogens with zero attached hydrogens (tertiary/aromatic N) is 1. The first-order valence-electron chi connectivity index (χ1n) is 8.02. The van der Waals surface area contributed by atoms with E-state index in [1.807, 2.05) is 26.1 Å². The van der Waals surface area contributed by atoms with Gasteiger partial charge in [0.1, 0.15) is 11.9 Å². The molecule has 2 aromatic heterocycles. The van der Waals surface area contributed by atoms with E-state index in [2.05, 4.69) is 47.2 Å². The van der Waals surface area contributed by atoms with Crippen LogP contribution in [0.15, 0.2) is 42.6 Å². The summed E-state index contributed by atoms with van der Waals surface area (Å²) in [6.45, 7) is 6.11. The molecule has 2 aromatic carbocycles.